The Morgan fingerprint density at radius 2 is 0.732 bits per heavy atom. The fourth-order valence-electron chi connectivity index (χ4n) is 6.20. The van der Waals surface area contributed by atoms with E-state index in [0.717, 1.165) is 0 Å². The average Bonchev–Trinajstić information content (AvgIpc) is 2.90. The van der Waals surface area contributed by atoms with Gasteiger partial charge in [0.15, 0.2) is 0 Å². The normalized spacial score (nSPS) is 22.4. The molecule has 3 fully saturated rings. The monoisotopic (exact) mass is 805 g/mol. The maximum Gasteiger partial charge on any atom is 0.0267 e. The molecule has 0 amide bonds. The van der Waals surface area contributed by atoms with Gasteiger partial charge in [-0.1, -0.05) is 96.1 Å². The first-order valence-electron chi connectivity index (χ1n) is 15.4. The Morgan fingerprint density at radius 3 is 0.927 bits per heavy atom. The number of rotatable bonds is 3. The number of aromatic nitrogens is 1. The molecule has 0 unspecified atom stereocenters. The molecular weight excluding hydrogens is 755 g/mol. The molecule has 0 bridgehead atoms. The number of nitrogens with zero attached hydrogens (tertiary/aromatic N) is 1. The van der Waals surface area contributed by atoms with Gasteiger partial charge in [-0.05, 0) is 93.3 Å². The fraction of sp³-hybridized carbons (Fsp3) is 0.710. The van der Waals surface area contributed by atoms with E-state index in [1.165, 1.54) is 61.9 Å². The summed E-state index contributed by atoms with van der Waals surface area (Å²) in [7, 11) is -10.3. The molecule has 0 saturated heterocycles. The van der Waals surface area contributed by atoms with E-state index < -0.39 is 7.81 Å². The quantitative estimate of drug-likeness (QED) is 0.168. The zero-order valence-corrected chi connectivity index (χ0v) is 28.5. The Morgan fingerprint density at radius 1 is 0.463 bits per heavy atom. The third kappa shape index (κ3) is 22.9. The fourth-order valence-corrected chi connectivity index (χ4v) is 10.9. The van der Waals surface area contributed by atoms with Crippen LogP contribution in [0.15, 0.2) is 54.9 Å². The van der Waals surface area contributed by atoms with E-state index in [4.69, 9.17) is 0 Å². The molecule has 1 nitrogen and oxygen atoms in total. The molecule has 1 aromatic rings. The molecular formula is C31H50F6IrNP2-. The van der Waals surface area contributed by atoms with Gasteiger partial charge in [0, 0.05) is 32.5 Å². The van der Waals surface area contributed by atoms with Crippen molar-refractivity contribution in [1.29, 1.82) is 0 Å². The van der Waals surface area contributed by atoms with E-state index in [2.05, 4.69) is 29.3 Å². The Hall–Kier alpha value is -0.281. The van der Waals surface area contributed by atoms with E-state index in [1.54, 1.807) is 89.4 Å². The number of hydrogen-bond acceptors (Lipinski definition) is 1. The first kappa shape index (κ1) is 38.7. The maximum atomic E-state index is 9.87. The molecule has 1 aromatic heterocycles. The summed E-state index contributed by atoms with van der Waals surface area (Å²) >= 11 is 0. The van der Waals surface area contributed by atoms with Gasteiger partial charge >= 0.3 is 33.0 Å². The zero-order valence-electron chi connectivity index (χ0n) is 24.3. The van der Waals surface area contributed by atoms with Crippen LogP contribution in [0.3, 0.4) is 0 Å². The van der Waals surface area contributed by atoms with Gasteiger partial charge in [0.05, 0.1) is 0 Å². The number of allylic oxidation sites excluding steroid dienone is 4. The summed E-state index contributed by atoms with van der Waals surface area (Å²) in [5, 5.41) is 0. The predicted molar refractivity (Wildman–Crippen MR) is 162 cm³/mol. The van der Waals surface area contributed by atoms with Crippen molar-refractivity contribution in [2.75, 3.05) is 0 Å². The smallest absolute Gasteiger partial charge is 0.0267 e. The van der Waals surface area contributed by atoms with E-state index in [-0.39, 0.29) is 20.1 Å². The van der Waals surface area contributed by atoms with Gasteiger partial charge in [-0.2, -0.15) is 0 Å². The summed E-state index contributed by atoms with van der Waals surface area (Å²) in [6.45, 7) is 0. The SMILES string of the molecule is C1=CCCC=CCC1.C1CCC(P(C2CCCCC2)C2CCCCC2)CC1.F[P-](F)(F)(F)(F)F.[Ir].c1ccncc1. The second-order valence-electron chi connectivity index (χ2n) is 11.4. The summed E-state index contributed by atoms with van der Waals surface area (Å²) in [6.07, 6.45) is 41.1. The van der Waals surface area contributed by atoms with Gasteiger partial charge < -0.3 is 0 Å². The molecule has 0 N–H and O–H groups in total. The van der Waals surface area contributed by atoms with Crippen LogP contribution in [0.4, 0.5) is 25.2 Å². The Bertz CT molecular complexity index is 727. The predicted octanol–water partition coefficient (Wildman–Crippen LogP) is 13.6. The molecule has 4 aliphatic carbocycles. The molecule has 0 aliphatic heterocycles. The number of hydrogen-bond donors (Lipinski definition) is 0. The van der Waals surface area contributed by atoms with Crippen molar-refractivity contribution in [1.82, 2.24) is 4.98 Å². The largest absolute Gasteiger partial charge is 0.265 e. The van der Waals surface area contributed by atoms with Gasteiger partial charge in [-0.25, -0.2) is 0 Å². The molecule has 0 aromatic carbocycles. The second kappa shape index (κ2) is 19.2. The summed E-state index contributed by atoms with van der Waals surface area (Å²) in [5.41, 5.74) is 3.57. The molecule has 10 heteroatoms. The van der Waals surface area contributed by atoms with E-state index in [9.17, 15) is 25.2 Å². The maximum absolute atomic E-state index is 10.7. The van der Waals surface area contributed by atoms with Crippen molar-refractivity contribution in [3.05, 3.63) is 54.9 Å². The molecule has 0 atom stereocenters. The molecule has 0 spiro atoms. The van der Waals surface area contributed by atoms with Crippen molar-refractivity contribution in [2.45, 2.75) is 139 Å². The molecule has 3 saturated carbocycles. The molecule has 241 valence electrons. The van der Waals surface area contributed by atoms with Gasteiger partial charge in [0.25, 0.3) is 0 Å². The third-order valence-electron chi connectivity index (χ3n) is 7.89. The Kier molecular flexibility index (Phi) is 18.1. The van der Waals surface area contributed by atoms with Crippen LogP contribution in [-0.4, -0.2) is 22.0 Å². The first-order valence-corrected chi connectivity index (χ1v) is 19.0. The van der Waals surface area contributed by atoms with Crippen molar-refractivity contribution < 1.29 is 45.3 Å². The van der Waals surface area contributed by atoms with Crippen LogP contribution in [-0.2, 0) is 20.1 Å². The first-order chi connectivity index (χ1) is 18.9. The minimum Gasteiger partial charge on any atom is -0.265 e. The van der Waals surface area contributed by atoms with Crippen molar-refractivity contribution >= 4 is 15.7 Å². The number of pyridine rings is 1. The van der Waals surface area contributed by atoms with Crippen molar-refractivity contribution in [3.63, 3.8) is 0 Å². The number of halogens is 6. The van der Waals surface area contributed by atoms with Crippen LogP contribution in [0.5, 0.6) is 0 Å². The van der Waals surface area contributed by atoms with Gasteiger partial charge in [0.2, 0.25) is 0 Å². The van der Waals surface area contributed by atoms with Gasteiger partial charge in [-0.3, -0.25) is 4.98 Å². The van der Waals surface area contributed by atoms with E-state index in [0.29, 0.717) is 7.92 Å². The standard InChI is InChI=1S/C18H33P.C8H12.C5H5N.F6P.Ir/c1-4-10-16(11-5-1)19(17-12-6-2-7-13-17)18-14-8-3-9-15-18;1-2-4-6-8-7-5-3-1;1-2-4-6-5-3-1;1-7(2,3,4,5)6;/h16-18H,1-15H2;1-2,7-8H,3-6H2;1-5H;;/q;;;-1;. The van der Waals surface area contributed by atoms with Gasteiger partial charge in [-0.15, -0.1) is 0 Å². The minimum atomic E-state index is -10.7. The van der Waals surface area contributed by atoms with Gasteiger partial charge in [0.1, 0.15) is 0 Å². The average molecular weight is 805 g/mol. The molecule has 1 radical (unpaired) electrons. The molecule has 1 heterocycles. The van der Waals surface area contributed by atoms with Crippen LogP contribution in [0.1, 0.15) is 122 Å². The topological polar surface area (TPSA) is 12.9 Å². The van der Waals surface area contributed by atoms with Crippen molar-refractivity contribution in [2.24, 2.45) is 0 Å². The summed E-state index contributed by atoms with van der Waals surface area (Å²) in [6, 6.07) is 5.72. The van der Waals surface area contributed by atoms with Crippen LogP contribution in [0.25, 0.3) is 0 Å². The Labute approximate surface area is 259 Å². The van der Waals surface area contributed by atoms with Crippen molar-refractivity contribution in [3.8, 4) is 0 Å². The third-order valence-corrected chi connectivity index (χ3v) is 12.0. The summed E-state index contributed by atoms with van der Waals surface area (Å²) in [4.78, 5) is 3.78. The molecule has 5 rings (SSSR count). The zero-order chi connectivity index (χ0) is 29.2. The Balaban J connectivity index is 0.000000317. The van der Waals surface area contributed by atoms with Crippen LogP contribution in [0.2, 0.25) is 0 Å². The van der Waals surface area contributed by atoms with E-state index in [1.807, 2.05) is 18.2 Å². The second-order valence-corrected chi connectivity index (χ2v) is 16.4. The van der Waals surface area contributed by atoms with Crippen LogP contribution < -0.4 is 0 Å². The van der Waals surface area contributed by atoms with E-state index >= 15 is 0 Å². The minimum absolute atomic E-state index is 0. The van der Waals surface area contributed by atoms with Crippen LogP contribution in [0, 0.1) is 0 Å². The summed E-state index contributed by atoms with van der Waals surface area (Å²) < 4.78 is 59.2. The summed E-state index contributed by atoms with van der Waals surface area (Å²) in [5.74, 6) is 0. The molecule has 41 heavy (non-hydrogen) atoms. The van der Waals surface area contributed by atoms with Crippen LogP contribution >= 0.6 is 15.7 Å². The molecule has 4 aliphatic rings.